The van der Waals surface area contributed by atoms with E-state index in [-0.39, 0.29) is 6.54 Å². The minimum atomic E-state index is -4.77. The third-order valence-electron chi connectivity index (χ3n) is 4.20. The molecule has 0 saturated carbocycles. The van der Waals surface area contributed by atoms with Gasteiger partial charge in [0.25, 0.3) is 0 Å². The van der Waals surface area contributed by atoms with E-state index in [9.17, 15) is 44.7 Å². The molecule has 1 N–H and O–H groups in total. The maximum atomic E-state index is 13.8. The Labute approximate surface area is 170 Å². The van der Waals surface area contributed by atoms with Gasteiger partial charge in [-0.1, -0.05) is 12.1 Å². The summed E-state index contributed by atoms with van der Waals surface area (Å²) in [6, 6.07) is 4.04. The van der Waals surface area contributed by atoms with Crippen LogP contribution in [0.15, 0.2) is 24.3 Å². The molecule has 0 radical (unpaired) electrons. The smallest absolute Gasteiger partial charge is 0.333 e. The summed E-state index contributed by atoms with van der Waals surface area (Å²) in [5.74, 6) is -13.5. The summed E-state index contributed by atoms with van der Waals surface area (Å²) < 4.78 is 106. The number of hydrogen-bond acceptors (Lipinski definition) is 2. The predicted molar refractivity (Wildman–Crippen MR) is 92.3 cm³/mol. The second-order valence-corrected chi connectivity index (χ2v) is 6.22. The lowest BCUT2D eigenvalue weighted by Gasteiger charge is -2.21. The Morgan fingerprint density at radius 3 is 1.94 bits per heavy atom. The first kappa shape index (κ1) is 24.1. The highest BCUT2D eigenvalue weighted by Gasteiger charge is 2.34. The molecule has 0 aliphatic rings. The minimum absolute atomic E-state index is 0.234. The molecule has 2 aromatic rings. The normalized spacial score (nSPS) is 11.4. The van der Waals surface area contributed by atoms with Crippen LogP contribution >= 0.6 is 0 Å². The van der Waals surface area contributed by atoms with Crippen LogP contribution in [0.4, 0.5) is 40.8 Å². The third-order valence-corrected chi connectivity index (χ3v) is 4.20. The number of carbonyl (C=O) groups is 2. The summed E-state index contributed by atoms with van der Waals surface area (Å²) in [5.41, 5.74) is -3.11. The third kappa shape index (κ3) is 5.30. The second kappa shape index (κ2) is 9.31. The van der Waals surface area contributed by atoms with Crippen molar-refractivity contribution < 1.29 is 44.7 Å². The molecule has 31 heavy (non-hydrogen) atoms. The molecular formula is C19H14F8N2O2. The van der Waals surface area contributed by atoms with Gasteiger partial charge < -0.3 is 10.2 Å². The molecule has 0 atom stereocenters. The zero-order chi connectivity index (χ0) is 23.5. The first-order chi connectivity index (χ1) is 14.4. The standard InChI is InChI=1S/C19H14F8N2O2/c1-2-29(8-12(30)28-11-6-4-3-5-10(11)19(25,26)27)13(31)7-9-14(20)16(22)18(24)17(23)15(9)21/h3-6H,2,7-8H2,1H3,(H,28,30). The number of halogens is 8. The molecule has 0 aliphatic carbocycles. The van der Waals surface area contributed by atoms with Crippen LogP contribution in [0.5, 0.6) is 0 Å². The number of amides is 2. The maximum absolute atomic E-state index is 13.8. The number of alkyl halides is 3. The second-order valence-electron chi connectivity index (χ2n) is 6.22. The number of carbonyl (C=O) groups excluding carboxylic acids is 2. The number of hydrogen-bond donors (Lipinski definition) is 1. The summed E-state index contributed by atoms with van der Waals surface area (Å²) in [6.45, 7) is 0.285. The van der Waals surface area contributed by atoms with Crippen molar-refractivity contribution in [2.24, 2.45) is 0 Å². The van der Waals surface area contributed by atoms with Gasteiger partial charge in [0.2, 0.25) is 17.6 Å². The number of anilines is 1. The van der Waals surface area contributed by atoms with Crippen LogP contribution in [0.1, 0.15) is 18.1 Å². The number of nitrogens with one attached hydrogen (secondary N) is 1. The van der Waals surface area contributed by atoms with E-state index in [0.717, 1.165) is 18.2 Å². The van der Waals surface area contributed by atoms with Gasteiger partial charge in [0.1, 0.15) is 0 Å². The highest BCUT2D eigenvalue weighted by Crippen LogP contribution is 2.34. The van der Waals surface area contributed by atoms with Crippen molar-refractivity contribution in [3.05, 3.63) is 64.5 Å². The van der Waals surface area contributed by atoms with Crippen LogP contribution in [0.2, 0.25) is 0 Å². The monoisotopic (exact) mass is 454 g/mol. The van der Waals surface area contributed by atoms with Gasteiger partial charge in [-0.3, -0.25) is 9.59 Å². The van der Waals surface area contributed by atoms with Gasteiger partial charge in [-0.2, -0.15) is 13.2 Å². The Balaban J connectivity index is 2.18. The Hall–Kier alpha value is -3.18. The molecule has 0 fully saturated rings. The van der Waals surface area contributed by atoms with Crippen molar-refractivity contribution >= 4 is 17.5 Å². The van der Waals surface area contributed by atoms with Gasteiger partial charge in [-0.15, -0.1) is 0 Å². The van der Waals surface area contributed by atoms with E-state index in [1.807, 2.05) is 5.32 Å². The molecule has 0 saturated heterocycles. The quantitative estimate of drug-likeness (QED) is 0.399. The van der Waals surface area contributed by atoms with Gasteiger partial charge in [0, 0.05) is 12.1 Å². The highest BCUT2D eigenvalue weighted by molar-refractivity contribution is 5.95. The first-order valence-corrected chi connectivity index (χ1v) is 8.62. The lowest BCUT2D eigenvalue weighted by molar-refractivity contribution is -0.137. The van der Waals surface area contributed by atoms with Gasteiger partial charge in [0.15, 0.2) is 23.3 Å². The molecule has 0 bridgehead atoms. The summed E-state index contributed by atoms with van der Waals surface area (Å²) in [5, 5.41) is 1.98. The molecule has 2 rings (SSSR count). The predicted octanol–water partition coefficient (Wildman–Crippen LogP) is 4.43. The lowest BCUT2D eigenvalue weighted by Crippen LogP contribution is -2.39. The summed E-state index contributed by atoms with van der Waals surface area (Å²) in [7, 11) is 0. The molecule has 2 amide bonds. The average Bonchev–Trinajstić information content (AvgIpc) is 2.71. The molecule has 0 unspecified atom stereocenters. The molecular weight excluding hydrogens is 440 g/mol. The average molecular weight is 454 g/mol. The van der Waals surface area contributed by atoms with E-state index in [0.29, 0.717) is 4.90 Å². The summed E-state index contributed by atoms with van der Waals surface area (Å²) in [4.78, 5) is 25.1. The Kier molecular flexibility index (Phi) is 7.24. The van der Waals surface area contributed by atoms with Crippen molar-refractivity contribution in [2.75, 3.05) is 18.4 Å². The zero-order valence-corrected chi connectivity index (χ0v) is 15.7. The minimum Gasteiger partial charge on any atom is -0.333 e. The molecule has 168 valence electrons. The fourth-order valence-corrected chi connectivity index (χ4v) is 2.65. The fourth-order valence-electron chi connectivity index (χ4n) is 2.65. The Morgan fingerprint density at radius 1 is 0.903 bits per heavy atom. The van der Waals surface area contributed by atoms with Gasteiger partial charge in [0.05, 0.1) is 24.2 Å². The first-order valence-electron chi connectivity index (χ1n) is 8.62. The molecule has 0 spiro atoms. The van der Waals surface area contributed by atoms with Crippen LogP contribution < -0.4 is 5.32 Å². The van der Waals surface area contributed by atoms with E-state index in [2.05, 4.69) is 0 Å². The van der Waals surface area contributed by atoms with Crippen LogP contribution in [-0.4, -0.2) is 29.8 Å². The van der Waals surface area contributed by atoms with E-state index in [1.165, 1.54) is 13.0 Å². The van der Waals surface area contributed by atoms with Crippen LogP contribution in [0.3, 0.4) is 0 Å². The van der Waals surface area contributed by atoms with E-state index < -0.39 is 76.9 Å². The van der Waals surface area contributed by atoms with E-state index >= 15 is 0 Å². The molecule has 12 heteroatoms. The topological polar surface area (TPSA) is 49.4 Å². The van der Waals surface area contributed by atoms with Crippen LogP contribution in [-0.2, 0) is 22.2 Å². The van der Waals surface area contributed by atoms with E-state index in [1.54, 1.807) is 0 Å². The SMILES string of the molecule is CCN(CC(=O)Nc1ccccc1C(F)(F)F)C(=O)Cc1c(F)c(F)c(F)c(F)c1F. The summed E-state index contributed by atoms with van der Waals surface area (Å²) in [6.07, 6.45) is -6.03. The Bertz CT molecular complexity index is 978. The largest absolute Gasteiger partial charge is 0.418 e. The fraction of sp³-hybridized carbons (Fsp3) is 0.263. The maximum Gasteiger partial charge on any atom is 0.418 e. The van der Waals surface area contributed by atoms with Crippen LogP contribution in [0.25, 0.3) is 0 Å². The molecule has 0 aromatic heterocycles. The number of para-hydroxylation sites is 1. The van der Waals surface area contributed by atoms with Gasteiger partial charge in [-0.05, 0) is 19.1 Å². The lowest BCUT2D eigenvalue weighted by atomic mass is 10.1. The molecule has 4 nitrogen and oxygen atoms in total. The van der Waals surface area contributed by atoms with Crippen molar-refractivity contribution in [2.45, 2.75) is 19.5 Å². The van der Waals surface area contributed by atoms with Gasteiger partial charge in [-0.25, -0.2) is 22.0 Å². The molecule has 2 aromatic carbocycles. The Morgan fingerprint density at radius 2 is 1.42 bits per heavy atom. The van der Waals surface area contributed by atoms with E-state index in [4.69, 9.17) is 0 Å². The highest BCUT2D eigenvalue weighted by atomic mass is 19.4. The molecule has 0 heterocycles. The molecule has 0 aliphatic heterocycles. The van der Waals surface area contributed by atoms with Gasteiger partial charge >= 0.3 is 6.18 Å². The number of benzene rings is 2. The summed E-state index contributed by atoms with van der Waals surface area (Å²) >= 11 is 0. The van der Waals surface area contributed by atoms with Crippen molar-refractivity contribution in [1.29, 1.82) is 0 Å². The number of rotatable bonds is 6. The van der Waals surface area contributed by atoms with Crippen LogP contribution in [0, 0.1) is 29.1 Å². The number of likely N-dealkylation sites (N-methyl/N-ethyl adjacent to an activating group) is 1. The van der Waals surface area contributed by atoms with Crippen molar-refractivity contribution in [3.63, 3.8) is 0 Å². The van der Waals surface area contributed by atoms with Crippen molar-refractivity contribution in [3.8, 4) is 0 Å². The van der Waals surface area contributed by atoms with Crippen molar-refractivity contribution in [1.82, 2.24) is 4.90 Å². The number of nitrogens with zero attached hydrogens (tertiary/aromatic N) is 1. The zero-order valence-electron chi connectivity index (χ0n) is 15.7.